The molecule has 29 heavy (non-hydrogen) atoms. The van der Waals surface area contributed by atoms with Crippen LogP contribution in [0.4, 0.5) is 5.69 Å². The van der Waals surface area contributed by atoms with E-state index in [1.807, 2.05) is 41.8 Å². The number of nitrogens with one attached hydrogen (secondary N) is 1. The largest absolute Gasteiger partial charge is 0.369 e. The normalized spacial score (nSPS) is 17.3. The minimum atomic E-state index is -0.834. The van der Waals surface area contributed by atoms with Crippen LogP contribution in [-0.2, 0) is 20.9 Å². The number of thiophene rings is 1. The smallest absolute Gasteiger partial charge is 0.259 e. The first-order valence-electron chi connectivity index (χ1n) is 8.83. The molecule has 3 N–H and O–H groups in total. The van der Waals surface area contributed by atoms with Gasteiger partial charge in [0, 0.05) is 10.4 Å². The number of hydrogen-bond acceptors (Lipinski definition) is 7. The topological polar surface area (TPSA) is 117 Å². The highest BCUT2D eigenvalue weighted by atomic mass is 32.2. The van der Waals surface area contributed by atoms with E-state index in [-0.39, 0.29) is 24.0 Å². The van der Waals surface area contributed by atoms with Crippen LogP contribution in [0.25, 0.3) is 0 Å². The third kappa shape index (κ3) is 4.08. The molecule has 10 heteroatoms. The predicted octanol–water partition coefficient (Wildman–Crippen LogP) is 1.63. The van der Waals surface area contributed by atoms with Crippen LogP contribution >= 0.6 is 23.1 Å². The van der Waals surface area contributed by atoms with Crippen molar-refractivity contribution in [3.05, 3.63) is 52.2 Å². The molecule has 148 valence electrons. The lowest BCUT2D eigenvalue weighted by atomic mass is 10.1. The number of nitrogens with two attached hydrogens (primary N) is 1. The Kier molecular flexibility index (Phi) is 5.45. The average molecular weight is 428 g/mol. The van der Waals surface area contributed by atoms with Gasteiger partial charge in [0.15, 0.2) is 5.17 Å². The molecular formula is C19H17N5O3S2. The molecule has 0 bridgehead atoms. The maximum atomic E-state index is 13.0. The Balaban J connectivity index is 1.54. The van der Waals surface area contributed by atoms with E-state index in [0.29, 0.717) is 28.8 Å². The summed E-state index contributed by atoms with van der Waals surface area (Å²) in [7, 11) is 0. The molecule has 1 atom stereocenters. The predicted molar refractivity (Wildman–Crippen MR) is 113 cm³/mol. The number of para-hydroxylation sites is 1. The zero-order valence-corrected chi connectivity index (χ0v) is 16.8. The molecular weight excluding hydrogens is 410 g/mol. The van der Waals surface area contributed by atoms with Crippen LogP contribution in [0.15, 0.2) is 51.8 Å². The number of amides is 3. The number of nitrogens with zero attached hydrogens (tertiary/aromatic N) is 3. The fourth-order valence-electron chi connectivity index (χ4n) is 3.01. The number of fused-ring (bicyclic) bond motifs is 3. The van der Waals surface area contributed by atoms with Crippen molar-refractivity contribution in [3.8, 4) is 0 Å². The molecule has 2 aliphatic heterocycles. The number of rotatable bonds is 6. The summed E-state index contributed by atoms with van der Waals surface area (Å²) in [4.78, 5) is 48.0. The Morgan fingerprint density at radius 1 is 1.24 bits per heavy atom. The Labute approximate surface area is 174 Å². The molecule has 0 saturated carbocycles. The van der Waals surface area contributed by atoms with E-state index in [1.54, 1.807) is 11.3 Å². The molecule has 0 aliphatic carbocycles. The lowest BCUT2D eigenvalue weighted by Gasteiger charge is -2.25. The molecule has 2 aliphatic rings. The molecule has 1 aromatic heterocycles. The number of carbonyl (C=O) groups excluding carboxylic acids is 3. The number of amidine groups is 2. The fourth-order valence-corrected chi connectivity index (χ4v) is 4.40. The Hall–Kier alpha value is -2.98. The van der Waals surface area contributed by atoms with E-state index in [4.69, 9.17) is 5.73 Å². The van der Waals surface area contributed by atoms with E-state index in [1.165, 1.54) is 4.90 Å². The summed E-state index contributed by atoms with van der Waals surface area (Å²) >= 11 is 2.63. The van der Waals surface area contributed by atoms with Gasteiger partial charge < -0.3 is 11.1 Å². The van der Waals surface area contributed by atoms with Crippen molar-refractivity contribution < 1.29 is 14.4 Å². The molecule has 4 rings (SSSR count). The van der Waals surface area contributed by atoms with Crippen molar-refractivity contribution in [1.82, 2.24) is 10.2 Å². The molecule has 0 saturated heterocycles. The third-order valence-electron chi connectivity index (χ3n) is 4.31. The van der Waals surface area contributed by atoms with Crippen LogP contribution in [0.3, 0.4) is 0 Å². The minimum Gasteiger partial charge on any atom is -0.369 e. The molecule has 1 aromatic carbocycles. The number of aliphatic imine (C=N–C) groups is 2. The van der Waals surface area contributed by atoms with Crippen molar-refractivity contribution in [1.29, 1.82) is 0 Å². The van der Waals surface area contributed by atoms with Crippen LogP contribution in [0.5, 0.6) is 0 Å². The van der Waals surface area contributed by atoms with Crippen molar-refractivity contribution in [3.63, 3.8) is 0 Å². The van der Waals surface area contributed by atoms with E-state index >= 15 is 0 Å². The van der Waals surface area contributed by atoms with Gasteiger partial charge in [0.25, 0.3) is 5.91 Å². The van der Waals surface area contributed by atoms with E-state index in [0.717, 1.165) is 16.6 Å². The van der Waals surface area contributed by atoms with Crippen molar-refractivity contribution >= 4 is 57.5 Å². The van der Waals surface area contributed by atoms with Crippen LogP contribution in [0, 0.1) is 0 Å². The first kappa shape index (κ1) is 19.3. The second kappa shape index (κ2) is 8.18. The number of benzene rings is 1. The maximum Gasteiger partial charge on any atom is 0.259 e. The average Bonchev–Trinajstić information content (AvgIpc) is 3.33. The molecule has 0 radical (unpaired) electrons. The van der Waals surface area contributed by atoms with E-state index in [9.17, 15) is 14.4 Å². The number of thioether (sulfide) groups is 1. The van der Waals surface area contributed by atoms with Gasteiger partial charge >= 0.3 is 0 Å². The van der Waals surface area contributed by atoms with Gasteiger partial charge in [-0.05, 0) is 23.6 Å². The van der Waals surface area contributed by atoms with Crippen molar-refractivity contribution in [2.24, 2.45) is 15.7 Å². The number of primary amides is 1. The van der Waals surface area contributed by atoms with E-state index in [2.05, 4.69) is 15.3 Å². The van der Waals surface area contributed by atoms with Gasteiger partial charge in [0.2, 0.25) is 11.8 Å². The minimum absolute atomic E-state index is 0.00989. The first-order valence-corrected chi connectivity index (χ1v) is 10.7. The molecule has 8 nitrogen and oxygen atoms in total. The Morgan fingerprint density at radius 2 is 2.07 bits per heavy atom. The highest BCUT2D eigenvalue weighted by Gasteiger charge is 2.42. The lowest BCUT2D eigenvalue weighted by molar-refractivity contribution is -0.128. The number of hydrogen-bond donors (Lipinski definition) is 2. The SMILES string of the molecule is NC(=O)CSC1=Nc2ccccc2C2=N[C@@H](CC(=O)NCc3cccs3)C(=O)N12. The quantitative estimate of drug-likeness (QED) is 0.729. The van der Waals surface area contributed by atoms with Crippen LogP contribution in [0.2, 0.25) is 0 Å². The second-order valence-electron chi connectivity index (χ2n) is 6.37. The highest BCUT2D eigenvalue weighted by Crippen LogP contribution is 2.33. The molecule has 0 fully saturated rings. The van der Waals surface area contributed by atoms with Gasteiger partial charge in [-0.15, -0.1) is 11.3 Å². The van der Waals surface area contributed by atoms with E-state index < -0.39 is 11.9 Å². The van der Waals surface area contributed by atoms with Gasteiger partial charge in [-0.3, -0.25) is 19.4 Å². The standard InChI is InChI=1S/C19H17N5O3S2/c20-15(25)10-29-19-23-13-6-2-1-5-12(13)17-22-14(18(27)24(17)19)8-16(26)21-9-11-4-3-7-28-11/h1-7,14H,8-10H2,(H2,20,25)(H,21,26)/t14-/m0/s1. The first-order chi connectivity index (χ1) is 14.0. The zero-order chi connectivity index (χ0) is 20.4. The summed E-state index contributed by atoms with van der Waals surface area (Å²) in [5, 5.41) is 5.10. The lowest BCUT2D eigenvalue weighted by Crippen LogP contribution is -2.42. The van der Waals surface area contributed by atoms with Crippen LogP contribution in [0.1, 0.15) is 16.9 Å². The monoisotopic (exact) mass is 427 g/mol. The molecule has 0 spiro atoms. The summed E-state index contributed by atoms with van der Waals surface area (Å²) in [5.74, 6) is -0.659. The van der Waals surface area contributed by atoms with Gasteiger partial charge in [-0.25, -0.2) is 9.89 Å². The van der Waals surface area contributed by atoms with Crippen molar-refractivity contribution in [2.45, 2.75) is 19.0 Å². The Morgan fingerprint density at radius 3 is 2.83 bits per heavy atom. The van der Waals surface area contributed by atoms with Gasteiger partial charge in [0.05, 0.1) is 24.4 Å². The summed E-state index contributed by atoms with van der Waals surface area (Å²) in [5.41, 5.74) is 6.61. The number of carbonyl (C=O) groups is 3. The Bertz CT molecular complexity index is 1030. The van der Waals surface area contributed by atoms with Crippen LogP contribution < -0.4 is 11.1 Å². The molecule has 3 amide bonds. The summed E-state index contributed by atoms with van der Waals surface area (Å²) in [6, 6.07) is 10.3. The second-order valence-corrected chi connectivity index (χ2v) is 8.34. The summed E-state index contributed by atoms with van der Waals surface area (Å²) in [6.07, 6.45) is -0.0554. The van der Waals surface area contributed by atoms with Crippen LogP contribution in [-0.4, -0.2) is 45.4 Å². The molecule has 3 heterocycles. The summed E-state index contributed by atoms with van der Waals surface area (Å²) in [6.45, 7) is 0.418. The summed E-state index contributed by atoms with van der Waals surface area (Å²) < 4.78 is 0. The zero-order valence-electron chi connectivity index (χ0n) is 15.2. The van der Waals surface area contributed by atoms with Crippen molar-refractivity contribution in [2.75, 3.05) is 5.75 Å². The van der Waals surface area contributed by atoms with Gasteiger partial charge in [-0.1, -0.05) is 30.0 Å². The van der Waals surface area contributed by atoms with Gasteiger partial charge in [-0.2, -0.15) is 0 Å². The molecule has 0 unspecified atom stereocenters. The third-order valence-corrected chi connectivity index (χ3v) is 6.15. The maximum absolute atomic E-state index is 13.0. The van der Waals surface area contributed by atoms with Gasteiger partial charge in [0.1, 0.15) is 11.9 Å². The fraction of sp³-hybridized carbons (Fsp3) is 0.211. The highest BCUT2D eigenvalue weighted by molar-refractivity contribution is 8.14. The molecule has 2 aromatic rings.